The summed E-state index contributed by atoms with van der Waals surface area (Å²) >= 11 is 6.18. The normalized spacial score (nSPS) is 21.9. The van der Waals surface area contributed by atoms with E-state index < -0.39 is 5.91 Å². The largest absolute Gasteiger partial charge is 0.381 e. The highest BCUT2D eigenvalue weighted by atomic mass is 35.5. The van der Waals surface area contributed by atoms with Crippen molar-refractivity contribution in [1.82, 2.24) is 0 Å². The molecular weight excluding hydrogens is 260 g/mol. The summed E-state index contributed by atoms with van der Waals surface area (Å²) in [5.74, 6) is -0.427. The van der Waals surface area contributed by atoms with Gasteiger partial charge in [0.25, 0.3) is 0 Å². The lowest BCUT2D eigenvalue weighted by molar-refractivity contribution is 0.100. The molecule has 1 aromatic rings. The molecule has 19 heavy (non-hydrogen) atoms. The van der Waals surface area contributed by atoms with Crippen LogP contribution in [-0.4, -0.2) is 11.9 Å². The van der Waals surface area contributed by atoms with Gasteiger partial charge < -0.3 is 11.1 Å². The Labute approximate surface area is 119 Å². The number of halogens is 1. The quantitative estimate of drug-likeness (QED) is 0.884. The molecule has 0 radical (unpaired) electrons. The van der Waals surface area contributed by atoms with Gasteiger partial charge in [0, 0.05) is 11.6 Å². The summed E-state index contributed by atoms with van der Waals surface area (Å²) < 4.78 is 0. The van der Waals surface area contributed by atoms with Gasteiger partial charge in [0.2, 0.25) is 5.91 Å². The van der Waals surface area contributed by atoms with E-state index in [1.54, 1.807) is 18.2 Å². The predicted molar refractivity (Wildman–Crippen MR) is 79.6 cm³/mol. The maximum atomic E-state index is 11.2. The van der Waals surface area contributed by atoms with Crippen LogP contribution < -0.4 is 11.1 Å². The molecule has 1 saturated carbocycles. The standard InChI is InChI=1S/C15H21ClN2O/c1-15(2)7-3-4-11(9-15)18-13-8-10(14(17)19)5-6-12(13)16/h5-6,8,11,18H,3-4,7,9H2,1-2H3,(H2,17,19). The first-order valence-corrected chi connectivity index (χ1v) is 7.11. The van der Waals surface area contributed by atoms with Crippen LogP contribution in [0.1, 0.15) is 49.9 Å². The van der Waals surface area contributed by atoms with Gasteiger partial charge in [0.1, 0.15) is 0 Å². The van der Waals surface area contributed by atoms with Crippen LogP contribution in [0.25, 0.3) is 0 Å². The number of carbonyl (C=O) groups is 1. The monoisotopic (exact) mass is 280 g/mol. The van der Waals surface area contributed by atoms with Crippen LogP contribution in [0.2, 0.25) is 5.02 Å². The van der Waals surface area contributed by atoms with Crippen molar-refractivity contribution >= 4 is 23.2 Å². The Morgan fingerprint density at radius 1 is 1.47 bits per heavy atom. The van der Waals surface area contributed by atoms with Crippen molar-refractivity contribution in [3.63, 3.8) is 0 Å². The average molecular weight is 281 g/mol. The van der Waals surface area contributed by atoms with E-state index in [2.05, 4.69) is 19.2 Å². The molecule has 1 aliphatic rings. The summed E-state index contributed by atoms with van der Waals surface area (Å²) in [6.07, 6.45) is 4.74. The van der Waals surface area contributed by atoms with Gasteiger partial charge in [0.05, 0.1) is 10.7 Å². The highest BCUT2D eigenvalue weighted by Crippen LogP contribution is 2.37. The zero-order valence-corrected chi connectivity index (χ0v) is 12.3. The lowest BCUT2D eigenvalue weighted by atomic mass is 9.75. The van der Waals surface area contributed by atoms with Crippen LogP contribution in [0.15, 0.2) is 18.2 Å². The summed E-state index contributed by atoms with van der Waals surface area (Å²) in [6, 6.07) is 5.52. The summed E-state index contributed by atoms with van der Waals surface area (Å²) in [5, 5.41) is 4.09. The zero-order valence-electron chi connectivity index (χ0n) is 11.5. The van der Waals surface area contributed by atoms with Gasteiger partial charge in [-0.05, 0) is 42.9 Å². The summed E-state index contributed by atoms with van der Waals surface area (Å²) in [7, 11) is 0. The molecule has 2 rings (SSSR count). The molecule has 3 N–H and O–H groups in total. The van der Waals surface area contributed by atoms with E-state index in [9.17, 15) is 4.79 Å². The van der Waals surface area contributed by atoms with Gasteiger partial charge in [-0.15, -0.1) is 0 Å². The number of benzene rings is 1. The van der Waals surface area contributed by atoms with Crippen molar-refractivity contribution in [2.75, 3.05) is 5.32 Å². The third-order valence-electron chi connectivity index (χ3n) is 3.82. The van der Waals surface area contributed by atoms with Gasteiger partial charge >= 0.3 is 0 Å². The van der Waals surface area contributed by atoms with Gasteiger partial charge in [-0.2, -0.15) is 0 Å². The van der Waals surface area contributed by atoms with Crippen LogP contribution in [0.5, 0.6) is 0 Å². The Morgan fingerprint density at radius 2 is 2.21 bits per heavy atom. The first kappa shape index (κ1) is 14.2. The molecular formula is C15H21ClN2O. The van der Waals surface area contributed by atoms with Crippen molar-refractivity contribution < 1.29 is 4.79 Å². The van der Waals surface area contributed by atoms with E-state index in [0.29, 0.717) is 22.0 Å². The van der Waals surface area contributed by atoms with E-state index in [1.807, 2.05) is 0 Å². The fourth-order valence-electron chi connectivity index (χ4n) is 2.83. The van der Waals surface area contributed by atoms with Gasteiger partial charge in [-0.3, -0.25) is 4.79 Å². The van der Waals surface area contributed by atoms with Gasteiger partial charge in [-0.25, -0.2) is 0 Å². The Hall–Kier alpha value is -1.22. The Morgan fingerprint density at radius 3 is 2.84 bits per heavy atom. The Bertz CT molecular complexity index is 485. The van der Waals surface area contributed by atoms with Crippen LogP contribution >= 0.6 is 11.6 Å². The van der Waals surface area contributed by atoms with Crippen molar-refractivity contribution in [3.8, 4) is 0 Å². The number of carbonyl (C=O) groups excluding carboxylic acids is 1. The van der Waals surface area contributed by atoms with Crippen molar-refractivity contribution in [1.29, 1.82) is 0 Å². The van der Waals surface area contributed by atoms with E-state index in [4.69, 9.17) is 17.3 Å². The second-order valence-electron chi connectivity index (χ2n) is 6.16. The van der Waals surface area contributed by atoms with E-state index in [1.165, 1.54) is 12.8 Å². The number of hydrogen-bond donors (Lipinski definition) is 2. The summed E-state index contributed by atoms with van der Waals surface area (Å²) in [4.78, 5) is 11.2. The molecule has 4 heteroatoms. The maximum absolute atomic E-state index is 11.2. The van der Waals surface area contributed by atoms with Crippen LogP contribution in [0.3, 0.4) is 0 Å². The fourth-order valence-corrected chi connectivity index (χ4v) is 3.00. The second kappa shape index (κ2) is 5.41. The molecule has 1 unspecified atom stereocenters. The topological polar surface area (TPSA) is 55.1 Å². The van der Waals surface area contributed by atoms with E-state index in [0.717, 1.165) is 18.5 Å². The minimum absolute atomic E-state index is 0.365. The van der Waals surface area contributed by atoms with E-state index in [-0.39, 0.29) is 0 Å². The SMILES string of the molecule is CC1(C)CCCC(Nc2cc(C(N)=O)ccc2Cl)C1. The molecule has 0 saturated heterocycles. The maximum Gasteiger partial charge on any atom is 0.248 e. The zero-order chi connectivity index (χ0) is 14.0. The van der Waals surface area contributed by atoms with Crippen molar-refractivity contribution in [2.45, 2.75) is 45.6 Å². The van der Waals surface area contributed by atoms with Crippen molar-refractivity contribution in [2.24, 2.45) is 11.1 Å². The molecule has 1 aliphatic carbocycles. The van der Waals surface area contributed by atoms with Crippen molar-refractivity contribution in [3.05, 3.63) is 28.8 Å². The van der Waals surface area contributed by atoms with Crippen LogP contribution in [0, 0.1) is 5.41 Å². The molecule has 1 aromatic carbocycles. The molecule has 0 aromatic heterocycles. The fraction of sp³-hybridized carbons (Fsp3) is 0.533. The highest BCUT2D eigenvalue weighted by Gasteiger charge is 2.28. The molecule has 0 heterocycles. The lowest BCUT2D eigenvalue weighted by Gasteiger charge is -2.36. The molecule has 1 fully saturated rings. The minimum Gasteiger partial charge on any atom is -0.381 e. The minimum atomic E-state index is -0.427. The number of rotatable bonds is 3. The molecule has 0 bridgehead atoms. The number of nitrogens with one attached hydrogen (secondary N) is 1. The second-order valence-corrected chi connectivity index (χ2v) is 6.57. The summed E-state index contributed by atoms with van der Waals surface area (Å²) in [6.45, 7) is 4.59. The first-order valence-electron chi connectivity index (χ1n) is 6.73. The number of anilines is 1. The Balaban J connectivity index is 2.14. The van der Waals surface area contributed by atoms with Crippen LogP contribution in [-0.2, 0) is 0 Å². The third kappa shape index (κ3) is 3.63. The van der Waals surface area contributed by atoms with Gasteiger partial charge in [0.15, 0.2) is 0 Å². The molecule has 0 spiro atoms. The van der Waals surface area contributed by atoms with Crippen LogP contribution in [0.4, 0.5) is 5.69 Å². The molecule has 3 nitrogen and oxygen atoms in total. The average Bonchev–Trinajstić information content (AvgIpc) is 2.30. The smallest absolute Gasteiger partial charge is 0.248 e. The summed E-state index contributed by atoms with van der Waals surface area (Å²) in [5.41, 5.74) is 6.96. The van der Waals surface area contributed by atoms with Gasteiger partial charge in [-0.1, -0.05) is 31.9 Å². The number of amides is 1. The number of hydrogen-bond acceptors (Lipinski definition) is 2. The molecule has 1 amide bonds. The van der Waals surface area contributed by atoms with E-state index >= 15 is 0 Å². The lowest BCUT2D eigenvalue weighted by Crippen LogP contribution is -2.31. The Kier molecular flexibility index (Phi) is 4.04. The molecule has 1 atom stereocenters. The number of primary amides is 1. The predicted octanol–water partition coefficient (Wildman–Crippen LogP) is 3.82. The molecule has 104 valence electrons. The highest BCUT2D eigenvalue weighted by molar-refractivity contribution is 6.33. The molecule has 0 aliphatic heterocycles. The first-order chi connectivity index (χ1) is 8.87. The third-order valence-corrected chi connectivity index (χ3v) is 4.15. The number of nitrogens with two attached hydrogens (primary N) is 1.